The molecular formula is C15H20N2O8S. The van der Waals surface area contributed by atoms with Crippen molar-refractivity contribution >= 4 is 28.1 Å². The summed E-state index contributed by atoms with van der Waals surface area (Å²) in [6, 6.07) is 7.45. The molecule has 0 aliphatic rings. The van der Waals surface area contributed by atoms with E-state index in [0.717, 1.165) is 5.56 Å². The summed E-state index contributed by atoms with van der Waals surface area (Å²) in [7, 11) is -4.19. The van der Waals surface area contributed by atoms with Crippen LogP contribution in [0.3, 0.4) is 0 Å². The molecule has 0 spiro atoms. The van der Waals surface area contributed by atoms with Gasteiger partial charge in [-0.3, -0.25) is 9.35 Å². The van der Waals surface area contributed by atoms with Gasteiger partial charge in [-0.05, 0) is 12.0 Å². The quantitative estimate of drug-likeness (QED) is 0.412. The number of benzene rings is 1. The first-order chi connectivity index (χ1) is 12.2. The lowest BCUT2D eigenvalue weighted by Crippen LogP contribution is -2.42. The molecule has 1 aromatic carbocycles. The number of hydrogen-bond acceptors (Lipinski definition) is 6. The maximum absolute atomic E-state index is 11.7. The smallest absolute Gasteiger partial charge is 0.408 e. The lowest BCUT2D eigenvalue weighted by Gasteiger charge is -2.14. The molecule has 10 nitrogen and oxygen atoms in total. The van der Waals surface area contributed by atoms with Crippen LogP contribution in [0.1, 0.15) is 18.4 Å². The number of carboxylic acid groups (broad SMARTS) is 1. The normalized spacial score (nSPS) is 12.0. The molecule has 0 aromatic heterocycles. The summed E-state index contributed by atoms with van der Waals surface area (Å²) in [5.74, 6) is -2.60. The van der Waals surface area contributed by atoms with Crippen molar-refractivity contribution in [3.8, 4) is 0 Å². The Bertz CT molecular complexity index is 720. The second-order valence-electron chi connectivity index (χ2n) is 5.27. The van der Waals surface area contributed by atoms with Crippen LogP contribution in [0.15, 0.2) is 30.3 Å². The number of carboxylic acids is 1. The van der Waals surface area contributed by atoms with Gasteiger partial charge in [-0.1, -0.05) is 30.3 Å². The average molecular weight is 388 g/mol. The van der Waals surface area contributed by atoms with Crippen molar-refractivity contribution < 1.29 is 37.2 Å². The zero-order chi connectivity index (χ0) is 19.6. The van der Waals surface area contributed by atoms with Crippen LogP contribution < -0.4 is 10.6 Å². The van der Waals surface area contributed by atoms with E-state index in [-0.39, 0.29) is 26.0 Å². The second-order valence-corrected chi connectivity index (χ2v) is 6.84. The summed E-state index contributed by atoms with van der Waals surface area (Å²) in [6.45, 7) is -0.336. The van der Waals surface area contributed by atoms with Crippen molar-refractivity contribution in [1.29, 1.82) is 0 Å². The van der Waals surface area contributed by atoms with Crippen LogP contribution >= 0.6 is 0 Å². The van der Waals surface area contributed by atoms with Gasteiger partial charge < -0.3 is 20.5 Å². The Morgan fingerprint density at radius 1 is 1.15 bits per heavy atom. The van der Waals surface area contributed by atoms with Crippen LogP contribution in [0.25, 0.3) is 0 Å². The van der Waals surface area contributed by atoms with Gasteiger partial charge in [0.15, 0.2) is 0 Å². The molecule has 0 saturated heterocycles. The minimum Gasteiger partial charge on any atom is -0.480 e. The summed E-state index contributed by atoms with van der Waals surface area (Å²) in [5.41, 5.74) is 0.729. The average Bonchev–Trinajstić information content (AvgIpc) is 2.56. The number of amides is 2. The monoisotopic (exact) mass is 388 g/mol. The van der Waals surface area contributed by atoms with Crippen LogP contribution in [0.4, 0.5) is 4.79 Å². The lowest BCUT2D eigenvalue weighted by molar-refractivity contribution is -0.139. The number of alkyl carbamates (subject to hydrolysis) is 1. The number of rotatable bonds is 10. The summed E-state index contributed by atoms with van der Waals surface area (Å²) in [5, 5.41) is 13.5. The van der Waals surface area contributed by atoms with Crippen molar-refractivity contribution in [2.75, 3.05) is 12.3 Å². The highest BCUT2D eigenvalue weighted by molar-refractivity contribution is 7.85. The molecule has 11 heteroatoms. The van der Waals surface area contributed by atoms with E-state index in [1.807, 2.05) is 0 Å². The molecule has 0 radical (unpaired) electrons. The molecule has 4 N–H and O–H groups in total. The molecule has 26 heavy (non-hydrogen) atoms. The van der Waals surface area contributed by atoms with E-state index in [4.69, 9.17) is 14.4 Å². The van der Waals surface area contributed by atoms with Crippen molar-refractivity contribution in [2.24, 2.45) is 0 Å². The molecule has 0 saturated carbocycles. The Morgan fingerprint density at radius 3 is 2.38 bits per heavy atom. The number of ether oxygens (including phenoxy) is 1. The maximum Gasteiger partial charge on any atom is 0.408 e. The molecule has 1 aromatic rings. The first kappa shape index (κ1) is 21.4. The van der Waals surface area contributed by atoms with Crippen LogP contribution in [0, 0.1) is 0 Å². The van der Waals surface area contributed by atoms with Crippen LogP contribution in [-0.2, 0) is 31.1 Å². The van der Waals surface area contributed by atoms with Gasteiger partial charge in [0.1, 0.15) is 12.6 Å². The molecule has 0 aliphatic heterocycles. The lowest BCUT2D eigenvalue weighted by atomic mass is 10.1. The number of hydrogen-bond donors (Lipinski definition) is 4. The minimum absolute atomic E-state index is 0.0326. The minimum atomic E-state index is -4.19. The molecular weight excluding hydrogens is 368 g/mol. The summed E-state index contributed by atoms with van der Waals surface area (Å²) in [6.07, 6.45) is -1.41. The number of nitrogens with one attached hydrogen (secondary N) is 2. The van der Waals surface area contributed by atoms with E-state index in [2.05, 4.69) is 10.6 Å². The van der Waals surface area contributed by atoms with Crippen LogP contribution in [0.5, 0.6) is 0 Å². The SMILES string of the molecule is O=C(CC[C@H](NC(=O)OCc1ccccc1)C(=O)O)NCCS(=O)(=O)O. The highest BCUT2D eigenvalue weighted by Gasteiger charge is 2.21. The Hall–Kier alpha value is -2.66. The van der Waals surface area contributed by atoms with Gasteiger partial charge in [0.25, 0.3) is 10.1 Å². The third-order valence-electron chi connectivity index (χ3n) is 3.15. The summed E-state index contributed by atoms with van der Waals surface area (Å²) < 4.78 is 34.5. The van der Waals surface area contributed by atoms with Crippen molar-refractivity contribution in [3.05, 3.63) is 35.9 Å². The van der Waals surface area contributed by atoms with E-state index >= 15 is 0 Å². The first-order valence-corrected chi connectivity index (χ1v) is 9.20. The first-order valence-electron chi connectivity index (χ1n) is 7.59. The molecule has 0 fully saturated rings. The fourth-order valence-electron chi connectivity index (χ4n) is 1.85. The van der Waals surface area contributed by atoms with E-state index in [1.54, 1.807) is 30.3 Å². The second kappa shape index (κ2) is 10.4. The van der Waals surface area contributed by atoms with E-state index in [0.29, 0.717) is 0 Å². The largest absolute Gasteiger partial charge is 0.480 e. The van der Waals surface area contributed by atoms with Crippen molar-refractivity contribution in [1.82, 2.24) is 10.6 Å². The van der Waals surface area contributed by atoms with E-state index < -0.39 is 39.9 Å². The molecule has 0 aliphatic carbocycles. The Morgan fingerprint density at radius 2 is 1.81 bits per heavy atom. The molecule has 0 heterocycles. The summed E-state index contributed by atoms with van der Waals surface area (Å²) >= 11 is 0. The summed E-state index contributed by atoms with van der Waals surface area (Å²) in [4.78, 5) is 34.3. The molecule has 1 atom stereocenters. The van der Waals surface area contributed by atoms with Gasteiger partial charge in [-0.15, -0.1) is 0 Å². The Kier molecular flexibility index (Phi) is 8.52. The maximum atomic E-state index is 11.7. The predicted molar refractivity (Wildman–Crippen MR) is 89.8 cm³/mol. The number of carbonyl (C=O) groups is 3. The van der Waals surface area contributed by atoms with Gasteiger partial charge in [0, 0.05) is 13.0 Å². The van der Waals surface area contributed by atoms with E-state index in [1.165, 1.54) is 0 Å². The third kappa shape index (κ3) is 9.59. The zero-order valence-corrected chi connectivity index (χ0v) is 14.6. The molecule has 0 unspecified atom stereocenters. The standard InChI is InChI=1S/C15H20N2O8S/c18-13(16-8-9-26(22,23)24)7-6-12(14(19)20)17-15(21)25-10-11-4-2-1-3-5-11/h1-5,12H,6-10H2,(H,16,18)(H,17,21)(H,19,20)(H,22,23,24)/t12-/m0/s1. The molecule has 1 rings (SSSR count). The van der Waals surface area contributed by atoms with Gasteiger partial charge in [0.05, 0.1) is 5.75 Å². The fraction of sp³-hybridized carbons (Fsp3) is 0.400. The zero-order valence-electron chi connectivity index (χ0n) is 13.8. The fourth-order valence-corrected chi connectivity index (χ4v) is 2.21. The predicted octanol–water partition coefficient (Wildman–Crippen LogP) is 0.150. The van der Waals surface area contributed by atoms with Crippen molar-refractivity contribution in [2.45, 2.75) is 25.5 Å². The third-order valence-corrected chi connectivity index (χ3v) is 3.87. The van der Waals surface area contributed by atoms with E-state index in [9.17, 15) is 22.8 Å². The number of aliphatic carboxylic acids is 1. The molecule has 144 valence electrons. The highest BCUT2D eigenvalue weighted by Crippen LogP contribution is 2.03. The van der Waals surface area contributed by atoms with Gasteiger partial charge in [-0.25, -0.2) is 9.59 Å². The van der Waals surface area contributed by atoms with Crippen LogP contribution in [-0.4, -0.2) is 54.4 Å². The molecule has 0 bridgehead atoms. The molecule has 2 amide bonds. The van der Waals surface area contributed by atoms with Crippen molar-refractivity contribution in [3.63, 3.8) is 0 Å². The van der Waals surface area contributed by atoms with Gasteiger partial charge >= 0.3 is 12.1 Å². The Balaban J connectivity index is 2.37. The Labute approximate surface area is 150 Å². The van der Waals surface area contributed by atoms with Gasteiger partial charge in [-0.2, -0.15) is 8.42 Å². The van der Waals surface area contributed by atoms with Crippen LogP contribution in [0.2, 0.25) is 0 Å². The highest BCUT2D eigenvalue weighted by atomic mass is 32.2. The van der Waals surface area contributed by atoms with Gasteiger partial charge in [0.2, 0.25) is 5.91 Å². The topological polar surface area (TPSA) is 159 Å². The number of carbonyl (C=O) groups excluding carboxylic acids is 2.